The number of benzene rings is 1. The predicted molar refractivity (Wildman–Crippen MR) is 96.9 cm³/mol. The van der Waals surface area contributed by atoms with Crippen LogP contribution in [0.1, 0.15) is 45.1 Å². The van der Waals surface area contributed by atoms with E-state index in [2.05, 4.69) is 10.6 Å². The number of alkyl carbamates (subject to hydrolysis) is 1. The second-order valence-corrected chi connectivity index (χ2v) is 8.13. The standard InChI is InChI=1S/C19H23F2N3O4/c1-19(2,3)23-18(27)28-11-8-24(9-11)10-6-13(20)16(14(21)7-10)12-4-5-15(25)22-17(12)26/h6-7,11-12H,4-5,8-9H2,1-3H3,(H,23,27)(H,22,25,26)/t12-/m0/s1. The molecule has 9 heteroatoms. The maximum atomic E-state index is 14.6. The van der Waals surface area contributed by atoms with Gasteiger partial charge in [0.2, 0.25) is 11.8 Å². The highest BCUT2D eigenvalue weighted by molar-refractivity contribution is 6.01. The maximum Gasteiger partial charge on any atom is 0.407 e. The van der Waals surface area contributed by atoms with Gasteiger partial charge >= 0.3 is 6.09 Å². The summed E-state index contributed by atoms with van der Waals surface area (Å²) in [5, 5.41) is 4.79. The number of anilines is 1. The van der Waals surface area contributed by atoms with Crippen LogP contribution in [0.3, 0.4) is 0 Å². The third kappa shape index (κ3) is 4.40. The van der Waals surface area contributed by atoms with Crippen LogP contribution in [-0.2, 0) is 14.3 Å². The van der Waals surface area contributed by atoms with E-state index in [9.17, 15) is 23.2 Å². The molecule has 0 radical (unpaired) electrons. The van der Waals surface area contributed by atoms with Crippen molar-refractivity contribution in [3.05, 3.63) is 29.3 Å². The van der Waals surface area contributed by atoms with Gasteiger partial charge in [-0.3, -0.25) is 14.9 Å². The average molecular weight is 395 g/mol. The first kappa shape index (κ1) is 20.0. The van der Waals surface area contributed by atoms with E-state index in [1.54, 1.807) is 4.90 Å². The van der Waals surface area contributed by atoms with Crippen LogP contribution in [0, 0.1) is 11.6 Å². The Hall–Kier alpha value is -2.71. The Morgan fingerprint density at radius 1 is 1.21 bits per heavy atom. The number of nitrogens with zero attached hydrogens (tertiary/aromatic N) is 1. The fourth-order valence-electron chi connectivity index (χ4n) is 3.27. The zero-order valence-electron chi connectivity index (χ0n) is 16.0. The van der Waals surface area contributed by atoms with Gasteiger partial charge in [-0.15, -0.1) is 0 Å². The molecule has 2 aliphatic rings. The van der Waals surface area contributed by atoms with Crippen molar-refractivity contribution in [2.75, 3.05) is 18.0 Å². The average Bonchev–Trinajstić information content (AvgIpc) is 2.50. The van der Waals surface area contributed by atoms with Crippen molar-refractivity contribution in [3.8, 4) is 0 Å². The lowest BCUT2D eigenvalue weighted by Crippen LogP contribution is -2.55. The first-order chi connectivity index (χ1) is 13.0. The lowest BCUT2D eigenvalue weighted by molar-refractivity contribution is -0.134. The van der Waals surface area contributed by atoms with Crippen molar-refractivity contribution >= 4 is 23.6 Å². The molecule has 2 saturated heterocycles. The largest absolute Gasteiger partial charge is 0.442 e. The summed E-state index contributed by atoms with van der Waals surface area (Å²) in [5.74, 6) is -3.83. The van der Waals surface area contributed by atoms with Gasteiger partial charge in [0.15, 0.2) is 0 Å². The quantitative estimate of drug-likeness (QED) is 0.766. The SMILES string of the molecule is CC(C)(C)NC(=O)OC1CN(c2cc(F)c([C@@H]3CCC(=O)NC3=O)c(F)c2)C1. The highest BCUT2D eigenvalue weighted by Crippen LogP contribution is 2.33. The molecule has 152 valence electrons. The minimum Gasteiger partial charge on any atom is -0.442 e. The van der Waals surface area contributed by atoms with Crippen LogP contribution >= 0.6 is 0 Å². The van der Waals surface area contributed by atoms with Gasteiger partial charge in [0.05, 0.1) is 19.0 Å². The number of imide groups is 1. The molecule has 1 aromatic rings. The molecule has 2 heterocycles. The van der Waals surface area contributed by atoms with Crippen LogP contribution in [0.2, 0.25) is 0 Å². The Kier molecular flexibility index (Phi) is 5.27. The highest BCUT2D eigenvalue weighted by Gasteiger charge is 2.35. The van der Waals surface area contributed by atoms with E-state index in [1.165, 1.54) is 0 Å². The van der Waals surface area contributed by atoms with Crippen LogP contribution in [-0.4, -0.2) is 42.6 Å². The molecule has 0 bridgehead atoms. The molecule has 2 aliphatic heterocycles. The molecule has 0 unspecified atom stereocenters. The number of amides is 3. The first-order valence-electron chi connectivity index (χ1n) is 9.10. The van der Waals surface area contributed by atoms with Gasteiger partial charge in [-0.25, -0.2) is 13.6 Å². The number of ether oxygens (including phenoxy) is 1. The van der Waals surface area contributed by atoms with Gasteiger partial charge in [0, 0.05) is 23.2 Å². The zero-order chi connectivity index (χ0) is 20.6. The third-order valence-corrected chi connectivity index (χ3v) is 4.62. The third-order valence-electron chi connectivity index (χ3n) is 4.62. The molecule has 1 aromatic carbocycles. The van der Waals surface area contributed by atoms with Crippen LogP contribution in [0.15, 0.2) is 12.1 Å². The summed E-state index contributed by atoms with van der Waals surface area (Å²) in [4.78, 5) is 36.6. The minimum absolute atomic E-state index is 0.0405. The number of piperidine rings is 1. The van der Waals surface area contributed by atoms with Crippen molar-refractivity contribution < 1.29 is 27.9 Å². The van der Waals surface area contributed by atoms with E-state index >= 15 is 0 Å². The molecular weight excluding hydrogens is 372 g/mol. The molecule has 1 atom stereocenters. The van der Waals surface area contributed by atoms with E-state index in [0.717, 1.165) is 12.1 Å². The van der Waals surface area contributed by atoms with E-state index in [1.807, 2.05) is 20.8 Å². The summed E-state index contributed by atoms with van der Waals surface area (Å²) in [6.07, 6.45) is -0.801. The Morgan fingerprint density at radius 2 is 1.82 bits per heavy atom. The number of halogens is 2. The monoisotopic (exact) mass is 395 g/mol. The number of rotatable bonds is 3. The number of hydrogen-bond acceptors (Lipinski definition) is 5. The van der Waals surface area contributed by atoms with Crippen LogP contribution in [0.5, 0.6) is 0 Å². The first-order valence-corrected chi connectivity index (χ1v) is 9.10. The fraction of sp³-hybridized carbons (Fsp3) is 0.526. The second kappa shape index (κ2) is 7.37. The van der Waals surface area contributed by atoms with E-state index in [0.29, 0.717) is 18.8 Å². The van der Waals surface area contributed by atoms with Crippen molar-refractivity contribution in [2.45, 2.75) is 51.2 Å². The molecule has 0 aromatic heterocycles. The summed E-state index contributed by atoms with van der Waals surface area (Å²) >= 11 is 0. The zero-order valence-corrected chi connectivity index (χ0v) is 16.0. The number of carbonyl (C=O) groups is 3. The predicted octanol–water partition coefficient (Wildman–Crippen LogP) is 2.20. The lowest BCUT2D eigenvalue weighted by Gasteiger charge is -2.40. The highest BCUT2D eigenvalue weighted by atomic mass is 19.1. The molecule has 2 fully saturated rings. The van der Waals surface area contributed by atoms with Crippen molar-refractivity contribution in [3.63, 3.8) is 0 Å². The Morgan fingerprint density at radius 3 is 2.36 bits per heavy atom. The number of carbonyl (C=O) groups excluding carboxylic acids is 3. The summed E-state index contributed by atoms with van der Waals surface area (Å²) in [6.45, 7) is 6.12. The second-order valence-electron chi connectivity index (χ2n) is 8.13. The molecule has 7 nitrogen and oxygen atoms in total. The molecule has 0 aliphatic carbocycles. The van der Waals surface area contributed by atoms with Crippen molar-refractivity contribution in [2.24, 2.45) is 0 Å². The maximum absolute atomic E-state index is 14.6. The van der Waals surface area contributed by atoms with Crippen LogP contribution in [0.25, 0.3) is 0 Å². The molecule has 0 spiro atoms. The Balaban J connectivity index is 1.64. The lowest BCUT2D eigenvalue weighted by atomic mass is 9.89. The summed E-state index contributed by atoms with van der Waals surface area (Å²) < 4.78 is 34.4. The van der Waals surface area contributed by atoms with Gasteiger partial charge in [-0.05, 0) is 39.3 Å². The van der Waals surface area contributed by atoms with Crippen LogP contribution in [0.4, 0.5) is 19.3 Å². The van der Waals surface area contributed by atoms with E-state index in [-0.39, 0.29) is 24.5 Å². The fourth-order valence-corrected chi connectivity index (χ4v) is 3.27. The Labute approximate surface area is 161 Å². The van der Waals surface area contributed by atoms with Gasteiger partial charge in [-0.2, -0.15) is 0 Å². The molecular formula is C19H23F2N3O4. The number of nitrogens with one attached hydrogen (secondary N) is 2. The molecule has 2 N–H and O–H groups in total. The van der Waals surface area contributed by atoms with Gasteiger partial charge in [0.25, 0.3) is 0 Å². The van der Waals surface area contributed by atoms with Crippen molar-refractivity contribution in [1.29, 1.82) is 0 Å². The van der Waals surface area contributed by atoms with Gasteiger partial charge in [0.1, 0.15) is 17.7 Å². The molecule has 28 heavy (non-hydrogen) atoms. The minimum atomic E-state index is -1.03. The smallest absolute Gasteiger partial charge is 0.407 e. The van der Waals surface area contributed by atoms with E-state index < -0.39 is 41.0 Å². The topological polar surface area (TPSA) is 87.7 Å². The number of hydrogen-bond donors (Lipinski definition) is 2. The summed E-state index contributed by atoms with van der Waals surface area (Å²) in [5.41, 5.74) is -0.438. The normalized spacial score (nSPS) is 20.5. The van der Waals surface area contributed by atoms with Crippen LogP contribution < -0.4 is 15.5 Å². The molecule has 3 rings (SSSR count). The summed E-state index contributed by atoms with van der Waals surface area (Å²) in [7, 11) is 0. The van der Waals surface area contributed by atoms with E-state index in [4.69, 9.17) is 4.74 Å². The Bertz CT molecular complexity index is 793. The molecule has 3 amide bonds. The summed E-state index contributed by atoms with van der Waals surface area (Å²) in [6, 6.07) is 2.32. The van der Waals surface area contributed by atoms with Crippen molar-refractivity contribution in [1.82, 2.24) is 10.6 Å². The van der Waals surface area contributed by atoms with Gasteiger partial charge in [-0.1, -0.05) is 0 Å². The van der Waals surface area contributed by atoms with Gasteiger partial charge < -0.3 is 15.0 Å². The molecule has 0 saturated carbocycles.